The van der Waals surface area contributed by atoms with Crippen molar-refractivity contribution in [2.24, 2.45) is 0 Å². The molecular weight excluding hydrogens is 322 g/mol. The summed E-state index contributed by atoms with van der Waals surface area (Å²) in [7, 11) is 0. The van der Waals surface area contributed by atoms with Gasteiger partial charge in [-0.25, -0.2) is 0 Å². The van der Waals surface area contributed by atoms with Crippen molar-refractivity contribution in [2.75, 3.05) is 32.8 Å². The second-order valence-corrected chi connectivity index (χ2v) is 6.87. The molecule has 1 heterocycles. The van der Waals surface area contributed by atoms with Gasteiger partial charge in [0.2, 0.25) is 0 Å². The number of non-ortho nitro benzene ring substituents is 1. The number of amides is 1. The normalized spacial score (nSPS) is 20.8. The number of nitrogens with one attached hydrogen (secondary N) is 1. The van der Waals surface area contributed by atoms with E-state index in [0.29, 0.717) is 12.1 Å². The molecule has 0 unspecified atom stereocenters. The molecule has 1 saturated carbocycles. The fraction of sp³-hybridized carbons (Fsp3) is 0.611. The minimum Gasteiger partial charge on any atom is -0.379 e. The highest BCUT2D eigenvalue weighted by Gasteiger charge is 2.38. The van der Waals surface area contributed by atoms with Crippen molar-refractivity contribution in [1.29, 1.82) is 0 Å². The Hall–Kier alpha value is -1.99. The predicted octanol–water partition coefficient (Wildman–Crippen LogP) is 2.36. The first-order valence-corrected chi connectivity index (χ1v) is 8.96. The molecule has 1 amide bonds. The maximum atomic E-state index is 12.5. The molecule has 1 aliphatic carbocycles. The Morgan fingerprint density at radius 1 is 1.16 bits per heavy atom. The first-order valence-electron chi connectivity index (χ1n) is 8.96. The third kappa shape index (κ3) is 4.16. The zero-order valence-electron chi connectivity index (χ0n) is 14.4. The molecule has 2 fully saturated rings. The number of carbonyl (C=O) groups is 1. The number of hydrogen-bond acceptors (Lipinski definition) is 5. The summed E-state index contributed by atoms with van der Waals surface area (Å²) >= 11 is 0. The summed E-state index contributed by atoms with van der Waals surface area (Å²) in [5, 5.41) is 13.8. The zero-order valence-corrected chi connectivity index (χ0v) is 14.4. The first-order chi connectivity index (χ1) is 12.1. The van der Waals surface area contributed by atoms with Crippen LogP contribution in [0.2, 0.25) is 0 Å². The third-order valence-corrected chi connectivity index (χ3v) is 5.38. The fourth-order valence-corrected chi connectivity index (χ4v) is 3.93. The Balaban J connectivity index is 1.65. The van der Waals surface area contributed by atoms with Gasteiger partial charge in [-0.1, -0.05) is 19.3 Å². The molecule has 3 rings (SSSR count). The van der Waals surface area contributed by atoms with Crippen LogP contribution in [0.15, 0.2) is 24.3 Å². The largest absolute Gasteiger partial charge is 0.379 e. The van der Waals surface area contributed by atoms with Crippen LogP contribution in [-0.2, 0) is 4.74 Å². The van der Waals surface area contributed by atoms with Gasteiger partial charge < -0.3 is 10.1 Å². The molecule has 1 aromatic carbocycles. The summed E-state index contributed by atoms with van der Waals surface area (Å²) in [6, 6.07) is 5.76. The maximum absolute atomic E-state index is 12.5. The van der Waals surface area contributed by atoms with E-state index in [1.54, 1.807) is 0 Å². The van der Waals surface area contributed by atoms with E-state index in [1.165, 1.54) is 43.5 Å². The van der Waals surface area contributed by atoms with Crippen LogP contribution in [0, 0.1) is 10.1 Å². The van der Waals surface area contributed by atoms with Crippen molar-refractivity contribution in [3.05, 3.63) is 39.9 Å². The Bertz CT molecular complexity index is 605. The lowest BCUT2D eigenvalue weighted by molar-refractivity contribution is -0.384. The van der Waals surface area contributed by atoms with Crippen LogP contribution in [-0.4, -0.2) is 54.1 Å². The SMILES string of the molecule is O=C(NCC1(N2CCOCC2)CCCCC1)c1ccc([N+](=O)[O-])cc1. The van der Waals surface area contributed by atoms with Gasteiger partial charge in [-0.15, -0.1) is 0 Å². The smallest absolute Gasteiger partial charge is 0.269 e. The van der Waals surface area contributed by atoms with E-state index in [0.717, 1.165) is 39.1 Å². The van der Waals surface area contributed by atoms with Crippen LogP contribution in [0.1, 0.15) is 42.5 Å². The molecule has 1 N–H and O–H groups in total. The Morgan fingerprint density at radius 2 is 1.80 bits per heavy atom. The Morgan fingerprint density at radius 3 is 2.40 bits per heavy atom. The summed E-state index contributed by atoms with van der Waals surface area (Å²) in [4.78, 5) is 25.2. The molecule has 7 nitrogen and oxygen atoms in total. The topological polar surface area (TPSA) is 84.7 Å². The molecular formula is C18H25N3O4. The molecule has 0 atom stereocenters. The van der Waals surface area contributed by atoms with Gasteiger partial charge in [0.25, 0.3) is 11.6 Å². The first kappa shape index (κ1) is 17.8. The molecule has 1 saturated heterocycles. The van der Waals surface area contributed by atoms with Crippen LogP contribution < -0.4 is 5.32 Å². The number of benzene rings is 1. The molecule has 1 aliphatic heterocycles. The zero-order chi connectivity index (χ0) is 17.7. The van der Waals surface area contributed by atoms with E-state index in [9.17, 15) is 14.9 Å². The number of carbonyl (C=O) groups excluding carboxylic acids is 1. The van der Waals surface area contributed by atoms with E-state index in [-0.39, 0.29) is 17.1 Å². The Kier molecular flexibility index (Phi) is 5.65. The molecule has 0 spiro atoms. The number of nitrogens with zero attached hydrogens (tertiary/aromatic N) is 2. The molecule has 7 heteroatoms. The molecule has 2 aliphatic rings. The number of rotatable bonds is 5. The number of nitro benzene ring substituents is 1. The van der Waals surface area contributed by atoms with Crippen molar-refractivity contribution in [2.45, 2.75) is 37.6 Å². The van der Waals surface area contributed by atoms with Gasteiger partial charge in [0.05, 0.1) is 18.1 Å². The Labute approximate surface area is 147 Å². The third-order valence-electron chi connectivity index (χ3n) is 5.38. The molecule has 1 aromatic rings. The quantitative estimate of drug-likeness (QED) is 0.653. The highest BCUT2D eigenvalue weighted by atomic mass is 16.6. The minimum atomic E-state index is -0.461. The summed E-state index contributed by atoms with van der Waals surface area (Å²) in [6.45, 7) is 3.93. The van der Waals surface area contributed by atoms with E-state index in [2.05, 4.69) is 10.2 Å². The van der Waals surface area contributed by atoms with E-state index in [1.807, 2.05) is 0 Å². The second kappa shape index (κ2) is 7.93. The minimum absolute atomic E-state index is 0.00591. The number of hydrogen-bond donors (Lipinski definition) is 1. The average Bonchev–Trinajstić information content (AvgIpc) is 2.67. The van der Waals surface area contributed by atoms with Crippen LogP contribution in [0.4, 0.5) is 5.69 Å². The number of morpholine rings is 1. The standard InChI is InChI=1S/C18H25N3O4/c22-17(15-4-6-16(7-5-15)21(23)24)19-14-18(8-2-1-3-9-18)20-10-12-25-13-11-20/h4-7H,1-3,8-14H2,(H,19,22). The van der Waals surface area contributed by atoms with Gasteiger partial charge in [0.1, 0.15) is 0 Å². The van der Waals surface area contributed by atoms with Gasteiger partial charge in [0.15, 0.2) is 0 Å². The van der Waals surface area contributed by atoms with Crippen molar-refractivity contribution in [3.63, 3.8) is 0 Å². The lowest BCUT2D eigenvalue weighted by atomic mass is 9.79. The molecule has 0 aromatic heterocycles. The van der Waals surface area contributed by atoms with Crippen molar-refractivity contribution in [3.8, 4) is 0 Å². The fourth-order valence-electron chi connectivity index (χ4n) is 3.93. The van der Waals surface area contributed by atoms with Crippen LogP contribution in [0.5, 0.6) is 0 Å². The summed E-state index contributed by atoms with van der Waals surface area (Å²) in [6.07, 6.45) is 5.80. The maximum Gasteiger partial charge on any atom is 0.269 e. The molecule has 25 heavy (non-hydrogen) atoms. The summed E-state index contributed by atoms with van der Waals surface area (Å²) in [5.74, 6) is -0.173. The monoisotopic (exact) mass is 347 g/mol. The van der Waals surface area contributed by atoms with Crippen LogP contribution in [0.3, 0.4) is 0 Å². The highest BCUT2D eigenvalue weighted by Crippen LogP contribution is 2.34. The van der Waals surface area contributed by atoms with Gasteiger partial charge in [-0.05, 0) is 25.0 Å². The second-order valence-electron chi connectivity index (χ2n) is 6.87. The van der Waals surface area contributed by atoms with Crippen molar-refractivity contribution in [1.82, 2.24) is 10.2 Å². The van der Waals surface area contributed by atoms with Crippen LogP contribution in [0.25, 0.3) is 0 Å². The van der Waals surface area contributed by atoms with E-state index >= 15 is 0 Å². The molecule has 136 valence electrons. The van der Waals surface area contributed by atoms with E-state index < -0.39 is 4.92 Å². The summed E-state index contributed by atoms with van der Waals surface area (Å²) in [5.41, 5.74) is 0.463. The lowest BCUT2D eigenvalue weighted by Gasteiger charge is -2.48. The van der Waals surface area contributed by atoms with E-state index in [4.69, 9.17) is 4.74 Å². The summed E-state index contributed by atoms with van der Waals surface area (Å²) < 4.78 is 5.48. The van der Waals surface area contributed by atoms with Gasteiger partial charge in [-0.2, -0.15) is 0 Å². The lowest BCUT2D eigenvalue weighted by Crippen LogP contribution is -2.59. The molecule has 0 radical (unpaired) electrons. The predicted molar refractivity (Wildman–Crippen MR) is 93.6 cm³/mol. The van der Waals surface area contributed by atoms with Gasteiger partial charge in [-0.3, -0.25) is 19.8 Å². The van der Waals surface area contributed by atoms with Crippen LogP contribution >= 0.6 is 0 Å². The molecule has 0 bridgehead atoms. The van der Waals surface area contributed by atoms with Crippen molar-refractivity contribution < 1.29 is 14.5 Å². The van der Waals surface area contributed by atoms with Crippen molar-refractivity contribution >= 4 is 11.6 Å². The number of ether oxygens (including phenoxy) is 1. The highest BCUT2D eigenvalue weighted by molar-refractivity contribution is 5.94. The van der Waals surface area contributed by atoms with Gasteiger partial charge >= 0.3 is 0 Å². The average molecular weight is 347 g/mol. The number of nitro groups is 1. The van der Waals surface area contributed by atoms with Gasteiger partial charge in [0, 0.05) is 42.9 Å².